The van der Waals surface area contributed by atoms with Gasteiger partial charge in [-0.1, -0.05) is 11.6 Å². The zero-order valence-corrected chi connectivity index (χ0v) is 18.7. The number of sulfonamides is 1. The largest absolute Gasteiger partial charge is 0.468 e. The van der Waals surface area contributed by atoms with E-state index in [9.17, 15) is 13.2 Å². The third kappa shape index (κ3) is 5.20. The summed E-state index contributed by atoms with van der Waals surface area (Å²) in [5, 5.41) is 7.22. The summed E-state index contributed by atoms with van der Waals surface area (Å²) in [4.78, 5) is 12.5. The Bertz CT molecular complexity index is 1010. The standard InChI is InChI=1S/C21H30N4O4S/c1-16-21(30(27,28)24(3)14-19-10-7-13-29-19)17(2)25(23-16)15-20(26)22-12-11-18-8-5-4-6-9-18/h7-8,10,13H,4-6,9,11-12,14-15H2,1-3H3,(H,22,26). The van der Waals surface area contributed by atoms with Gasteiger partial charge < -0.3 is 9.73 Å². The molecule has 2 aromatic heterocycles. The molecule has 0 radical (unpaired) electrons. The van der Waals surface area contributed by atoms with Gasteiger partial charge in [-0.15, -0.1) is 0 Å². The van der Waals surface area contributed by atoms with E-state index >= 15 is 0 Å². The summed E-state index contributed by atoms with van der Waals surface area (Å²) < 4.78 is 34.1. The van der Waals surface area contributed by atoms with E-state index in [1.54, 1.807) is 26.0 Å². The predicted octanol–water partition coefficient (Wildman–Crippen LogP) is 2.92. The zero-order valence-electron chi connectivity index (χ0n) is 17.8. The normalized spacial score (nSPS) is 14.7. The van der Waals surface area contributed by atoms with Gasteiger partial charge in [-0.2, -0.15) is 9.40 Å². The third-order valence-electron chi connectivity index (χ3n) is 5.39. The summed E-state index contributed by atoms with van der Waals surface area (Å²) in [5.41, 5.74) is 2.23. The van der Waals surface area contributed by atoms with Crippen LogP contribution in [0.5, 0.6) is 0 Å². The first-order chi connectivity index (χ1) is 14.3. The van der Waals surface area contributed by atoms with Crippen molar-refractivity contribution in [2.24, 2.45) is 0 Å². The molecule has 1 aliphatic rings. The average Bonchev–Trinajstić information content (AvgIpc) is 3.30. The van der Waals surface area contributed by atoms with Gasteiger partial charge in [0.1, 0.15) is 17.2 Å². The molecule has 0 bridgehead atoms. The van der Waals surface area contributed by atoms with Crippen molar-refractivity contribution in [2.45, 2.75) is 63.9 Å². The van der Waals surface area contributed by atoms with Crippen LogP contribution in [0.3, 0.4) is 0 Å². The van der Waals surface area contributed by atoms with Gasteiger partial charge in [0.15, 0.2) is 0 Å². The number of nitrogens with one attached hydrogen (secondary N) is 1. The van der Waals surface area contributed by atoms with Crippen LogP contribution in [0.4, 0.5) is 0 Å². The third-order valence-corrected chi connectivity index (χ3v) is 7.45. The van der Waals surface area contributed by atoms with E-state index in [0.717, 1.165) is 19.3 Å². The van der Waals surface area contributed by atoms with E-state index in [1.807, 2.05) is 0 Å². The Morgan fingerprint density at radius 2 is 2.13 bits per heavy atom. The summed E-state index contributed by atoms with van der Waals surface area (Å²) in [6.07, 6.45) is 9.34. The van der Waals surface area contributed by atoms with Crippen molar-refractivity contribution >= 4 is 15.9 Å². The highest BCUT2D eigenvalue weighted by Gasteiger charge is 2.29. The smallest absolute Gasteiger partial charge is 0.246 e. The molecular formula is C21H30N4O4S. The van der Waals surface area contributed by atoms with Gasteiger partial charge in [0.05, 0.1) is 24.2 Å². The van der Waals surface area contributed by atoms with Crippen LogP contribution in [0, 0.1) is 13.8 Å². The SMILES string of the molecule is Cc1nn(CC(=O)NCCC2=CCCCC2)c(C)c1S(=O)(=O)N(C)Cc1ccco1. The molecule has 0 aromatic carbocycles. The van der Waals surface area contributed by atoms with E-state index in [2.05, 4.69) is 16.5 Å². The molecule has 3 rings (SSSR count). The van der Waals surface area contributed by atoms with Crippen LogP contribution in [-0.4, -0.2) is 42.0 Å². The van der Waals surface area contributed by atoms with Crippen molar-refractivity contribution in [1.29, 1.82) is 0 Å². The van der Waals surface area contributed by atoms with Gasteiger partial charge in [-0.3, -0.25) is 9.48 Å². The van der Waals surface area contributed by atoms with Crippen molar-refractivity contribution < 1.29 is 17.6 Å². The van der Waals surface area contributed by atoms with Crippen LogP contribution in [0.2, 0.25) is 0 Å². The molecule has 2 aromatic rings. The number of nitrogens with zero attached hydrogens (tertiary/aromatic N) is 3. The molecule has 0 saturated carbocycles. The number of furan rings is 1. The van der Waals surface area contributed by atoms with Crippen molar-refractivity contribution in [2.75, 3.05) is 13.6 Å². The molecule has 0 fully saturated rings. The molecule has 1 N–H and O–H groups in total. The number of aromatic nitrogens is 2. The first-order valence-electron chi connectivity index (χ1n) is 10.3. The fourth-order valence-corrected chi connectivity index (χ4v) is 5.26. The van der Waals surface area contributed by atoms with Crippen LogP contribution in [0.1, 0.15) is 49.3 Å². The Balaban J connectivity index is 1.64. The van der Waals surface area contributed by atoms with E-state index < -0.39 is 10.0 Å². The molecule has 9 heteroatoms. The molecule has 0 saturated heterocycles. The zero-order chi connectivity index (χ0) is 21.7. The Labute approximate surface area is 178 Å². The summed E-state index contributed by atoms with van der Waals surface area (Å²) in [6.45, 7) is 4.01. The molecule has 2 heterocycles. The Kier molecular flexibility index (Phi) is 7.14. The summed E-state index contributed by atoms with van der Waals surface area (Å²) in [7, 11) is -2.27. The van der Waals surface area contributed by atoms with Crippen LogP contribution in [0.15, 0.2) is 39.4 Å². The minimum atomic E-state index is -3.77. The number of allylic oxidation sites excluding steroid dienone is 1. The fraction of sp³-hybridized carbons (Fsp3) is 0.524. The fourth-order valence-electron chi connectivity index (χ4n) is 3.76. The maximum absolute atomic E-state index is 13.1. The number of aryl methyl sites for hydroxylation is 1. The first-order valence-corrected chi connectivity index (χ1v) is 11.7. The lowest BCUT2D eigenvalue weighted by atomic mass is 9.97. The molecule has 1 aliphatic carbocycles. The highest BCUT2D eigenvalue weighted by atomic mass is 32.2. The number of carbonyl (C=O) groups excluding carboxylic acids is 1. The lowest BCUT2D eigenvalue weighted by molar-refractivity contribution is -0.121. The number of hydrogen-bond donors (Lipinski definition) is 1. The molecule has 0 atom stereocenters. The number of rotatable bonds is 9. The molecule has 164 valence electrons. The van der Waals surface area contributed by atoms with Crippen LogP contribution in [0.25, 0.3) is 0 Å². The van der Waals surface area contributed by atoms with Gasteiger partial charge in [0.2, 0.25) is 15.9 Å². The first kappa shape index (κ1) is 22.3. The molecular weight excluding hydrogens is 404 g/mol. The van der Waals surface area contributed by atoms with Crippen molar-refractivity contribution in [3.05, 3.63) is 47.2 Å². The Morgan fingerprint density at radius 3 is 2.80 bits per heavy atom. The van der Waals surface area contributed by atoms with Gasteiger partial charge in [-0.05, 0) is 58.1 Å². The van der Waals surface area contributed by atoms with Crippen molar-refractivity contribution in [3.8, 4) is 0 Å². The van der Waals surface area contributed by atoms with Crippen LogP contribution < -0.4 is 5.32 Å². The van der Waals surface area contributed by atoms with E-state index in [0.29, 0.717) is 23.7 Å². The number of amides is 1. The van der Waals surface area contributed by atoms with Crippen LogP contribution in [-0.2, 0) is 27.9 Å². The molecule has 1 amide bonds. The van der Waals surface area contributed by atoms with Crippen molar-refractivity contribution in [1.82, 2.24) is 19.4 Å². The number of carbonyl (C=O) groups is 1. The highest BCUT2D eigenvalue weighted by molar-refractivity contribution is 7.89. The van der Waals surface area contributed by atoms with Gasteiger partial charge in [-0.25, -0.2) is 8.42 Å². The number of hydrogen-bond acceptors (Lipinski definition) is 5. The molecule has 0 unspecified atom stereocenters. The second-order valence-electron chi connectivity index (χ2n) is 7.71. The molecule has 0 spiro atoms. The van der Waals surface area contributed by atoms with Gasteiger partial charge in [0.25, 0.3) is 0 Å². The second-order valence-corrected chi connectivity index (χ2v) is 9.69. The second kappa shape index (κ2) is 9.61. The van der Waals surface area contributed by atoms with Gasteiger partial charge >= 0.3 is 0 Å². The predicted molar refractivity (Wildman–Crippen MR) is 113 cm³/mol. The van der Waals surface area contributed by atoms with Crippen molar-refractivity contribution in [3.63, 3.8) is 0 Å². The topological polar surface area (TPSA) is 97.4 Å². The van der Waals surface area contributed by atoms with Crippen LogP contribution >= 0.6 is 0 Å². The highest BCUT2D eigenvalue weighted by Crippen LogP contribution is 2.24. The monoisotopic (exact) mass is 434 g/mol. The molecule has 8 nitrogen and oxygen atoms in total. The van der Waals surface area contributed by atoms with E-state index in [1.165, 1.54) is 40.7 Å². The molecule has 0 aliphatic heterocycles. The molecule has 30 heavy (non-hydrogen) atoms. The lowest BCUT2D eigenvalue weighted by Crippen LogP contribution is -2.30. The van der Waals surface area contributed by atoms with E-state index in [4.69, 9.17) is 4.42 Å². The quantitative estimate of drug-likeness (QED) is 0.612. The summed E-state index contributed by atoms with van der Waals surface area (Å²) in [6, 6.07) is 3.44. The minimum absolute atomic E-state index is 0.0108. The maximum Gasteiger partial charge on any atom is 0.246 e. The Hall–Kier alpha value is -2.39. The summed E-state index contributed by atoms with van der Waals surface area (Å²) >= 11 is 0. The summed E-state index contributed by atoms with van der Waals surface area (Å²) in [5.74, 6) is 0.376. The minimum Gasteiger partial charge on any atom is -0.468 e. The lowest BCUT2D eigenvalue weighted by Gasteiger charge is -2.16. The Morgan fingerprint density at radius 1 is 1.33 bits per heavy atom. The maximum atomic E-state index is 13.1. The average molecular weight is 435 g/mol. The van der Waals surface area contributed by atoms with E-state index in [-0.39, 0.29) is 23.9 Å². The van der Waals surface area contributed by atoms with Gasteiger partial charge in [0, 0.05) is 13.6 Å².